The lowest BCUT2D eigenvalue weighted by Gasteiger charge is -2.21. The van der Waals surface area contributed by atoms with Crippen molar-refractivity contribution >= 4 is 15.7 Å². The van der Waals surface area contributed by atoms with E-state index in [0.717, 1.165) is 19.1 Å². The normalized spacial score (nSPS) is 19.5. The van der Waals surface area contributed by atoms with Crippen LogP contribution in [0.1, 0.15) is 25.7 Å². The Bertz CT molecular complexity index is 388. The number of rotatable bonds is 3. The van der Waals surface area contributed by atoms with E-state index >= 15 is 0 Å². The lowest BCUT2D eigenvalue weighted by Crippen LogP contribution is -2.47. The molecule has 0 aliphatic heterocycles. The third kappa shape index (κ3) is 3.51. The Labute approximate surface area is 89.4 Å². The van der Waals surface area contributed by atoms with Crippen molar-refractivity contribution in [1.82, 2.24) is 5.32 Å². The highest BCUT2D eigenvalue weighted by Gasteiger charge is 2.35. The molecular formula is C9H14N2O3S. The molecule has 1 aliphatic rings. The van der Waals surface area contributed by atoms with Gasteiger partial charge in [0.25, 0.3) is 0 Å². The molecular weight excluding hydrogens is 216 g/mol. The number of carbonyl (C=O) groups is 1. The molecule has 1 rings (SSSR count). The highest BCUT2D eigenvalue weighted by molar-refractivity contribution is 7.91. The van der Waals surface area contributed by atoms with Crippen LogP contribution in [0.2, 0.25) is 0 Å². The molecule has 0 aromatic rings. The van der Waals surface area contributed by atoms with E-state index in [-0.39, 0.29) is 0 Å². The van der Waals surface area contributed by atoms with E-state index < -0.39 is 27.0 Å². The van der Waals surface area contributed by atoms with Crippen molar-refractivity contribution in [2.75, 3.05) is 12.0 Å². The van der Waals surface area contributed by atoms with Gasteiger partial charge in [-0.15, -0.1) is 0 Å². The maximum absolute atomic E-state index is 11.3. The van der Waals surface area contributed by atoms with Crippen LogP contribution in [0.5, 0.6) is 0 Å². The van der Waals surface area contributed by atoms with Gasteiger partial charge in [0.05, 0.1) is 6.07 Å². The number of nitrogens with one attached hydrogen (secondary N) is 1. The van der Waals surface area contributed by atoms with Gasteiger partial charge in [0.15, 0.2) is 9.84 Å². The molecule has 0 atom stereocenters. The van der Waals surface area contributed by atoms with E-state index in [1.165, 1.54) is 0 Å². The van der Waals surface area contributed by atoms with Crippen LogP contribution in [0.3, 0.4) is 0 Å². The minimum absolute atomic E-state index is 0.545. The Morgan fingerprint density at radius 3 is 2.40 bits per heavy atom. The fraction of sp³-hybridized carbons (Fsp3) is 0.778. The lowest BCUT2D eigenvalue weighted by molar-refractivity contribution is -0.119. The first-order chi connectivity index (χ1) is 6.87. The molecule has 0 heterocycles. The van der Waals surface area contributed by atoms with Gasteiger partial charge in [-0.2, -0.15) is 5.26 Å². The molecule has 0 saturated heterocycles. The molecule has 84 valence electrons. The standard InChI is InChI=1S/C9H14N2O3S/c1-15(13,14)6-8(12)11-9(7-10)4-2-3-5-9/h2-6H2,1H3,(H,11,12). The van der Waals surface area contributed by atoms with Gasteiger partial charge in [-0.3, -0.25) is 4.79 Å². The van der Waals surface area contributed by atoms with Crippen molar-refractivity contribution in [3.63, 3.8) is 0 Å². The summed E-state index contributed by atoms with van der Waals surface area (Å²) in [7, 11) is -3.32. The zero-order chi connectivity index (χ0) is 11.5. The number of amides is 1. The summed E-state index contributed by atoms with van der Waals surface area (Å²) in [5, 5.41) is 11.5. The number of sulfone groups is 1. The second-order valence-corrected chi connectivity index (χ2v) is 6.16. The Kier molecular flexibility index (Phi) is 3.35. The molecule has 5 nitrogen and oxygen atoms in total. The topological polar surface area (TPSA) is 87.0 Å². The first-order valence-corrected chi connectivity index (χ1v) is 6.83. The van der Waals surface area contributed by atoms with E-state index in [9.17, 15) is 13.2 Å². The average Bonchev–Trinajstić information content (AvgIpc) is 2.50. The third-order valence-corrected chi connectivity index (χ3v) is 3.23. The molecule has 15 heavy (non-hydrogen) atoms. The molecule has 1 N–H and O–H groups in total. The zero-order valence-corrected chi connectivity index (χ0v) is 9.43. The first kappa shape index (κ1) is 12.0. The molecule has 1 aliphatic carbocycles. The number of carbonyl (C=O) groups excluding carboxylic acids is 1. The molecule has 0 aromatic heterocycles. The Morgan fingerprint density at radius 2 is 2.00 bits per heavy atom. The molecule has 6 heteroatoms. The molecule has 1 fully saturated rings. The predicted molar refractivity (Wildman–Crippen MR) is 54.7 cm³/mol. The summed E-state index contributed by atoms with van der Waals surface area (Å²) in [6.45, 7) is 0. The highest BCUT2D eigenvalue weighted by Crippen LogP contribution is 2.28. The van der Waals surface area contributed by atoms with Gasteiger partial charge >= 0.3 is 0 Å². The Balaban J connectivity index is 2.61. The van der Waals surface area contributed by atoms with Gasteiger partial charge in [0.2, 0.25) is 5.91 Å². The van der Waals surface area contributed by atoms with E-state index in [1.807, 2.05) is 0 Å². The Hall–Kier alpha value is -1.09. The molecule has 1 amide bonds. The largest absolute Gasteiger partial charge is 0.337 e. The molecule has 1 saturated carbocycles. The van der Waals surface area contributed by atoms with E-state index in [4.69, 9.17) is 5.26 Å². The van der Waals surface area contributed by atoms with Gasteiger partial charge in [-0.1, -0.05) is 0 Å². The van der Waals surface area contributed by atoms with Crippen LogP contribution in [0.15, 0.2) is 0 Å². The van der Waals surface area contributed by atoms with Crippen molar-refractivity contribution < 1.29 is 13.2 Å². The van der Waals surface area contributed by atoms with Gasteiger partial charge in [0, 0.05) is 6.26 Å². The maximum Gasteiger partial charge on any atom is 0.236 e. The van der Waals surface area contributed by atoms with Gasteiger partial charge < -0.3 is 5.32 Å². The molecule has 0 unspecified atom stereocenters. The van der Waals surface area contributed by atoms with Crippen LogP contribution in [-0.2, 0) is 14.6 Å². The summed E-state index contributed by atoms with van der Waals surface area (Å²) in [5.41, 5.74) is -0.832. The van der Waals surface area contributed by atoms with E-state index in [0.29, 0.717) is 12.8 Å². The molecule has 0 radical (unpaired) electrons. The van der Waals surface area contributed by atoms with Crippen LogP contribution in [0.25, 0.3) is 0 Å². The van der Waals surface area contributed by atoms with Crippen molar-refractivity contribution in [2.45, 2.75) is 31.2 Å². The summed E-state index contributed by atoms with van der Waals surface area (Å²) in [6, 6.07) is 2.07. The van der Waals surface area contributed by atoms with E-state index in [1.54, 1.807) is 0 Å². The summed E-state index contributed by atoms with van der Waals surface area (Å²) in [4.78, 5) is 11.3. The second kappa shape index (κ2) is 4.19. The number of hydrogen-bond donors (Lipinski definition) is 1. The van der Waals surface area contributed by atoms with Crippen molar-refractivity contribution in [2.24, 2.45) is 0 Å². The van der Waals surface area contributed by atoms with Gasteiger partial charge in [-0.25, -0.2) is 8.42 Å². The van der Waals surface area contributed by atoms with Crippen LogP contribution >= 0.6 is 0 Å². The molecule has 0 spiro atoms. The summed E-state index contributed by atoms with van der Waals surface area (Å²) >= 11 is 0. The van der Waals surface area contributed by atoms with Crippen LogP contribution in [0.4, 0.5) is 0 Å². The number of nitriles is 1. The number of hydrogen-bond acceptors (Lipinski definition) is 4. The maximum atomic E-state index is 11.3. The third-order valence-electron chi connectivity index (χ3n) is 2.44. The minimum atomic E-state index is -3.32. The monoisotopic (exact) mass is 230 g/mol. The molecule has 0 aromatic carbocycles. The average molecular weight is 230 g/mol. The summed E-state index contributed by atoms with van der Waals surface area (Å²) in [6.07, 6.45) is 4.01. The van der Waals surface area contributed by atoms with Crippen molar-refractivity contribution in [3.8, 4) is 6.07 Å². The second-order valence-electron chi connectivity index (χ2n) is 4.02. The first-order valence-electron chi connectivity index (χ1n) is 4.77. The zero-order valence-electron chi connectivity index (χ0n) is 8.62. The van der Waals surface area contributed by atoms with E-state index in [2.05, 4.69) is 11.4 Å². The fourth-order valence-electron chi connectivity index (χ4n) is 1.78. The smallest absolute Gasteiger partial charge is 0.236 e. The van der Waals surface area contributed by atoms with Crippen molar-refractivity contribution in [3.05, 3.63) is 0 Å². The van der Waals surface area contributed by atoms with Crippen LogP contribution < -0.4 is 5.32 Å². The minimum Gasteiger partial charge on any atom is -0.337 e. The summed E-state index contributed by atoms with van der Waals surface area (Å²) in [5.74, 6) is -1.13. The van der Waals surface area contributed by atoms with Crippen molar-refractivity contribution in [1.29, 1.82) is 5.26 Å². The fourth-order valence-corrected chi connectivity index (χ4v) is 2.33. The quantitative estimate of drug-likeness (QED) is 0.738. The Morgan fingerprint density at radius 1 is 1.47 bits per heavy atom. The van der Waals surface area contributed by atoms with Crippen LogP contribution in [-0.4, -0.2) is 31.9 Å². The van der Waals surface area contributed by atoms with Crippen LogP contribution in [0, 0.1) is 11.3 Å². The van der Waals surface area contributed by atoms with Gasteiger partial charge in [0.1, 0.15) is 11.3 Å². The lowest BCUT2D eigenvalue weighted by atomic mass is 10.0. The highest BCUT2D eigenvalue weighted by atomic mass is 32.2. The number of nitrogens with zero attached hydrogens (tertiary/aromatic N) is 1. The summed E-state index contributed by atoms with van der Waals surface area (Å²) < 4.78 is 21.7. The SMILES string of the molecule is CS(=O)(=O)CC(=O)NC1(C#N)CCCC1. The molecule has 0 bridgehead atoms. The van der Waals surface area contributed by atoms with Gasteiger partial charge in [-0.05, 0) is 25.7 Å². The predicted octanol–water partition coefficient (Wildman–Crippen LogP) is -0.0164.